The minimum absolute atomic E-state index is 0.121. The lowest BCUT2D eigenvalue weighted by atomic mass is 10.1. The molecule has 7 heteroatoms. The second-order valence-electron chi connectivity index (χ2n) is 2.92. The standard InChI is InChI=1S/C7H13NO4.C3H4O2/c1-2-8-5(7(11)12)3-4-6(9)10;1-2-3(4)5/h5,8H,2-4H2,1H3,(H,9,10)(H,11,12);2H,1H2,(H,4,5). The molecule has 0 aliphatic carbocycles. The van der Waals surface area contributed by atoms with Gasteiger partial charge in [0.1, 0.15) is 6.04 Å². The maximum Gasteiger partial charge on any atom is 0.327 e. The summed E-state index contributed by atoms with van der Waals surface area (Å²) in [6.45, 7) is 5.26. The zero-order chi connectivity index (χ0) is 13.8. The molecule has 0 aromatic carbocycles. The van der Waals surface area contributed by atoms with Crippen LogP contribution >= 0.6 is 0 Å². The van der Waals surface area contributed by atoms with Gasteiger partial charge >= 0.3 is 17.9 Å². The zero-order valence-corrected chi connectivity index (χ0v) is 9.55. The summed E-state index contributed by atoms with van der Waals surface area (Å²) in [6, 6.07) is -0.744. The SMILES string of the molecule is C=CC(=O)O.CCNC(CCC(=O)O)C(=O)O. The number of nitrogens with one attached hydrogen (secondary N) is 1. The fourth-order valence-corrected chi connectivity index (χ4v) is 0.827. The highest BCUT2D eigenvalue weighted by molar-refractivity contribution is 5.78. The Labute approximate surface area is 98.8 Å². The Balaban J connectivity index is 0. The smallest absolute Gasteiger partial charge is 0.327 e. The Bertz CT molecular complexity index is 276. The summed E-state index contributed by atoms with van der Waals surface area (Å²) in [7, 11) is 0. The maximum atomic E-state index is 10.4. The number of rotatable bonds is 7. The molecule has 0 aromatic rings. The van der Waals surface area contributed by atoms with Gasteiger partial charge in [-0.3, -0.25) is 9.59 Å². The molecule has 1 atom stereocenters. The fraction of sp³-hybridized carbons (Fsp3) is 0.500. The highest BCUT2D eigenvalue weighted by Gasteiger charge is 2.16. The van der Waals surface area contributed by atoms with Crippen LogP contribution in [-0.2, 0) is 14.4 Å². The average molecular weight is 247 g/mol. The van der Waals surface area contributed by atoms with Crippen LogP contribution in [0.1, 0.15) is 19.8 Å². The molecule has 0 aromatic heterocycles. The Kier molecular flexibility index (Phi) is 10.9. The normalized spacial score (nSPS) is 10.6. The van der Waals surface area contributed by atoms with Crippen LogP contribution in [0.25, 0.3) is 0 Å². The van der Waals surface area contributed by atoms with Gasteiger partial charge in [-0.05, 0) is 13.0 Å². The summed E-state index contributed by atoms with van der Waals surface area (Å²) in [5.41, 5.74) is 0. The van der Waals surface area contributed by atoms with Crippen molar-refractivity contribution >= 4 is 17.9 Å². The van der Waals surface area contributed by atoms with E-state index in [0.29, 0.717) is 6.54 Å². The lowest BCUT2D eigenvalue weighted by Gasteiger charge is -2.10. The van der Waals surface area contributed by atoms with Crippen molar-refractivity contribution in [3.05, 3.63) is 12.7 Å². The van der Waals surface area contributed by atoms with Gasteiger partial charge in [-0.1, -0.05) is 13.5 Å². The summed E-state index contributed by atoms with van der Waals surface area (Å²) in [6.07, 6.45) is 0.836. The van der Waals surface area contributed by atoms with Crippen LogP contribution in [-0.4, -0.2) is 45.8 Å². The topological polar surface area (TPSA) is 124 Å². The first-order valence-electron chi connectivity index (χ1n) is 4.88. The second kappa shape index (κ2) is 10.6. The van der Waals surface area contributed by atoms with E-state index in [1.807, 2.05) is 0 Å². The van der Waals surface area contributed by atoms with Crippen LogP contribution in [0.3, 0.4) is 0 Å². The predicted octanol–water partition coefficient (Wildman–Crippen LogP) is 0.171. The lowest BCUT2D eigenvalue weighted by Crippen LogP contribution is -2.36. The first kappa shape index (κ1) is 17.5. The number of aliphatic carboxylic acids is 3. The van der Waals surface area contributed by atoms with Gasteiger partial charge in [0.2, 0.25) is 0 Å². The molecule has 0 heterocycles. The van der Waals surface area contributed by atoms with Gasteiger partial charge in [-0.25, -0.2) is 4.79 Å². The number of hydrogen-bond acceptors (Lipinski definition) is 4. The van der Waals surface area contributed by atoms with Crippen LogP contribution in [0.15, 0.2) is 12.7 Å². The number of likely N-dealkylation sites (N-methyl/N-ethyl adjacent to an activating group) is 1. The Hall–Kier alpha value is -1.89. The quantitative estimate of drug-likeness (QED) is 0.473. The van der Waals surface area contributed by atoms with Gasteiger partial charge < -0.3 is 20.6 Å². The molecule has 98 valence electrons. The molecule has 0 amide bonds. The minimum atomic E-state index is -1.00. The number of carbonyl (C=O) groups is 3. The molecule has 0 spiro atoms. The van der Waals surface area contributed by atoms with Gasteiger partial charge in [0, 0.05) is 12.5 Å². The predicted molar refractivity (Wildman–Crippen MR) is 59.8 cm³/mol. The molecule has 0 aliphatic heterocycles. The second-order valence-corrected chi connectivity index (χ2v) is 2.92. The third-order valence-corrected chi connectivity index (χ3v) is 1.57. The van der Waals surface area contributed by atoms with Gasteiger partial charge in [0.25, 0.3) is 0 Å². The summed E-state index contributed by atoms with van der Waals surface area (Å²) in [5, 5.41) is 27.1. The summed E-state index contributed by atoms with van der Waals surface area (Å²) in [5.74, 6) is -2.96. The van der Waals surface area contributed by atoms with E-state index in [1.165, 1.54) is 0 Å². The van der Waals surface area contributed by atoms with Crippen molar-refractivity contribution in [3.8, 4) is 0 Å². The van der Waals surface area contributed by atoms with E-state index in [-0.39, 0.29) is 12.8 Å². The van der Waals surface area contributed by atoms with Crippen molar-refractivity contribution in [2.24, 2.45) is 0 Å². The van der Waals surface area contributed by atoms with Gasteiger partial charge in [0.15, 0.2) is 0 Å². The Morgan fingerprint density at radius 2 is 1.76 bits per heavy atom. The highest BCUT2D eigenvalue weighted by Crippen LogP contribution is 1.97. The van der Waals surface area contributed by atoms with Crippen LogP contribution in [0.5, 0.6) is 0 Å². The van der Waals surface area contributed by atoms with Crippen LogP contribution < -0.4 is 5.32 Å². The Morgan fingerprint density at radius 1 is 1.29 bits per heavy atom. The third-order valence-electron chi connectivity index (χ3n) is 1.57. The number of hydrogen-bond donors (Lipinski definition) is 4. The average Bonchev–Trinajstić information content (AvgIpc) is 2.24. The monoisotopic (exact) mass is 247 g/mol. The molecule has 4 N–H and O–H groups in total. The van der Waals surface area contributed by atoms with E-state index in [4.69, 9.17) is 15.3 Å². The van der Waals surface area contributed by atoms with E-state index in [2.05, 4.69) is 11.9 Å². The van der Waals surface area contributed by atoms with Crippen molar-refractivity contribution < 1.29 is 29.7 Å². The molecule has 0 saturated carbocycles. The van der Waals surface area contributed by atoms with E-state index in [1.54, 1.807) is 6.92 Å². The van der Waals surface area contributed by atoms with E-state index >= 15 is 0 Å². The molecular formula is C10H17NO6. The van der Waals surface area contributed by atoms with Crippen molar-refractivity contribution in [1.82, 2.24) is 5.32 Å². The van der Waals surface area contributed by atoms with Crippen molar-refractivity contribution in [1.29, 1.82) is 0 Å². The first-order chi connectivity index (χ1) is 7.84. The molecule has 0 aliphatic rings. The molecule has 1 unspecified atom stereocenters. The zero-order valence-electron chi connectivity index (χ0n) is 9.55. The van der Waals surface area contributed by atoms with Crippen molar-refractivity contribution in [3.63, 3.8) is 0 Å². The van der Waals surface area contributed by atoms with Crippen molar-refractivity contribution in [2.45, 2.75) is 25.8 Å². The molecule has 0 bridgehead atoms. The summed E-state index contributed by atoms with van der Waals surface area (Å²) < 4.78 is 0. The summed E-state index contributed by atoms with van der Waals surface area (Å²) in [4.78, 5) is 29.8. The van der Waals surface area contributed by atoms with Crippen LogP contribution in [0, 0.1) is 0 Å². The largest absolute Gasteiger partial charge is 0.481 e. The highest BCUT2D eigenvalue weighted by atomic mass is 16.4. The third kappa shape index (κ3) is 14.1. The Morgan fingerprint density at radius 3 is 2.00 bits per heavy atom. The minimum Gasteiger partial charge on any atom is -0.481 e. The molecule has 17 heavy (non-hydrogen) atoms. The van der Waals surface area contributed by atoms with Crippen LogP contribution in [0.2, 0.25) is 0 Å². The van der Waals surface area contributed by atoms with Gasteiger partial charge in [-0.2, -0.15) is 0 Å². The molecule has 0 rings (SSSR count). The molecule has 7 nitrogen and oxygen atoms in total. The van der Waals surface area contributed by atoms with E-state index in [0.717, 1.165) is 6.08 Å². The van der Waals surface area contributed by atoms with Gasteiger partial charge in [-0.15, -0.1) is 0 Å². The van der Waals surface area contributed by atoms with Gasteiger partial charge in [0.05, 0.1) is 0 Å². The summed E-state index contributed by atoms with van der Waals surface area (Å²) >= 11 is 0. The molecule has 0 radical (unpaired) electrons. The lowest BCUT2D eigenvalue weighted by molar-refractivity contribution is -0.140. The van der Waals surface area contributed by atoms with E-state index in [9.17, 15) is 14.4 Å². The first-order valence-corrected chi connectivity index (χ1v) is 4.88. The van der Waals surface area contributed by atoms with Crippen molar-refractivity contribution in [2.75, 3.05) is 6.54 Å². The molecular weight excluding hydrogens is 230 g/mol. The van der Waals surface area contributed by atoms with Crippen LogP contribution in [0.4, 0.5) is 0 Å². The number of carboxylic acid groups (broad SMARTS) is 3. The fourth-order valence-electron chi connectivity index (χ4n) is 0.827. The number of carboxylic acids is 3. The molecule has 0 fully saturated rings. The maximum absolute atomic E-state index is 10.4. The van der Waals surface area contributed by atoms with E-state index < -0.39 is 23.9 Å². The molecule has 0 saturated heterocycles.